The molecular weight excluding hydrogens is 292 g/mol. The van der Waals surface area contributed by atoms with Gasteiger partial charge in [-0.25, -0.2) is 0 Å². The molecule has 0 spiro atoms. The summed E-state index contributed by atoms with van der Waals surface area (Å²) >= 11 is 0. The number of nitrogens with one attached hydrogen (secondary N) is 1. The van der Waals surface area contributed by atoms with E-state index in [1.165, 1.54) is 18.4 Å². The molecule has 2 atom stereocenters. The van der Waals surface area contributed by atoms with Crippen molar-refractivity contribution in [2.45, 2.75) is 99.2 Å². The van der Waals surface area contributed by atoms with Gasteiger partial charge in [0.2, 0.25) is 0 Å². The highest BCUT2D eigenvalue weighted by atomic mass is 15.2. The Hall–Kier alpha value is -0.760. The maximum atomic E-state index is 4.43. The fourth-order valence-electron chi connectivity index (χ4n) is 3.07. The van der Waals surface area contributed by atoms with Crippen LogP contribution in [0.15, 0.2) is 24.4 Å². The Labute approximate surface area is 152 Å². The van der Waals surface area contributed by atoms with Crippen molar-refractivity contribution < 1.29 is 0 Å². The van der Waals surface area contributed by atoms with Crippen LogP contribution in [0.25, 0.3) is 0 Å². The molecule has 2 heteroatoms. The molecule has 0 saturated heterocycles. The molecule has 0 saturated carbocycles. The molecule has 2 nitrogen and oxygen atoms in total. The third-order valence-electron chi connectivity index (χ3n) is 5.05. The number of hydrogen-bond acceptors (Lipinski definition) is 2. The molecule has 0 aromatic carbocycles. The minimum atomic E-state index is 0.106. The Bertz CT molecular complexity index is 407. The molecule has 142 valence electrons. The Morgan fingerprint density at radius 1 is 1.04 bits per heavy atom. The van der Waals surface area contributed by atoms with Gasteiger partial charge < -0.3 is 5.32 Å². The van der Waals surface area contributed by atoms with Crippen LogP contribution in [0.5, 0.6) is 0 Å². The second-order valence-corrected chi connectivity index (χ2v) is 9.61. The maximum absolute atomic E-state index is 4.43. The highest BCUT2D eigenvalue weighted by Crippen LogP contribution is 2.30. The normalized spacial score (nSPS) is 15.5. The molecular formula is C22H44N2. The van der Waals surface area contributed by atoms with E-state index in [9.17, 15) is 0 Å². The van der Waals surface area contributed by atoms with Gasteiger partial charge in [0.05, 0.1) is 6.04 Å². The Balaban J connectivity index is 5.36. The number of hydrogen-bond donors (Lipinski definition) is 1. The first-order chi connectivity index (χ1) is 10.7. The van der Waals surface area contributed by atoms with E-state index >= 15 is 0 Å². The molecule has 0 radical (unpaired) electrons. The predicted molar refractivity (Wildman–Crippen MR) is 110 cm³/mol. The predicted octanol–water partition coefficient (Wildman–Crippen LogP) is 6.01. The first kappa shape index (κ1) is 23.2. The maximum Gasteiger partial charge on any atom is 0.0514 e. The van der Waals surface area contributed by atoms with Crippen LogP contribution >= 0.6 is 0 Å². The average Bonchev–Trinajstić information content (AvgIpc) is 2.40. The summed E-state index contributed by atoms with van der Waals surface area (Å²) in [6.45, 7) is 29.2. The zero-order valence-corrected chi connectivity index (χ0v) is 18.2. The van der Waals surface area contributed by atoms with Crippen LogP contribution in [0.1, 0.15) is 81.6 Å². The second kappa shape index (κ2) is 9.08. The number of rotatable bonds is 9. The van der Waals surface area contributed by atoms with E-state index in [0.717, 1.165) is 12.1 Å². The van der Waals surface area contributed by atoms with Gasteiger partial charge in [0.25, 0.3) is 0 Å². The van der Waals surface area contributed by atoms with E-state index in [4.69, 9.17) is 0 Å². The molecule has 0 aromatic heterocycles. The van der Waals surface area contributed by atoms with Gasteiger partial charge in [-0.05, 0) is 51.1 Å². The summed E-state index contributed by atoms with van der Waals surface area (Å²) in [5, 5.41) is 3.76. The monoisotopic (exact) mass is 336 g/mol. The molecule has 0 aliphatic rings. The van der Waals surface area contributed by atoms with E-state index in [2.05, 4.69) is 92.7 Å². The Morgan fingerprint density at radius 3 is 1.88 bits per heavy atom. The highest BCUT2D eigenvalue weighted by Gasteiger charge is 2.31. The summed E-state index contributed by atoms with van der Waals surface area (Å²) in [7, 11) is 2.21. The van der Waals surface area contributed by atoms with E-state index in [0.29, 0.717) is 18.0 Å². The van der Waals surface area contributed by atoms with Crippen molar-refractivity contribution in [2.24, 2.45) is 11.3 Å². The largest absolute Gasteiger partial charge is 0.381 e. The van der Waals surface area contributed by atoms with Crippen LogP contribution in [-0.4, -0.2) is 29.6 Å². The van der Waals surface area contributed by atoms with Crippen molar-refractivity contribution in [3.8, 4) is 0 Å². The SMILES string of the molecule is C=C(NC(CCCC)C(=C)C(C)(C)C)C(C(C)C)N(C)C(C)(C)C. The second-order valence-electron chi connectivity index (χ2n) is 9.61. The van der Waals surface area contributed by atoms with Crippen LogP contribution in [0, 0.1) is 11.3 Å². The smallest absolute Gasteiger partial charge is 0.0514 e. The summed E-state index contributed by atoms with van der Waals surface area (Å²) in [5.41, 5.74) is 2.61. The lowest BCUT2D eigenvalue weighted by Gasteiger charge is -2.43. The molecule has 0 aliphatic heterocycles. The summed E-state index contributed by atoms with van der Waals surface area (Å²) < 4.78 is 0. The standard InChI is InChI=1S/C22H44N2/c1-13-14-15-19(17(4)21(6,7)8)23-18(5)20(16(2)3)24(12)22(9,10)11/h16,19-20,23H,4-5,13-15H2,1-3,6-12H3. The van der Waals surface area contributed by atoms with Gasteiger partial charge in [0.1, 0.15) is 0 Å². The van der Waals surface area contributed by atoms with Gasteiger partial charge in [-0.3, -0.25) is 4.90 Å². The molecule has 2 unspecified atom stereocenters. The van der Waals surface area contributed by atoms with Crippen molar-refractivity contribution in [2.75, 3.05) is 7.05 Å². The van der Waals surface area contributed by atoms with Crippen LogP contribution in [0.4, 0.5) is 0 Å². The fraction of sp³-hybridized carbons (Fsp3) is 0.818. The highest BCUT2D eigenvalue weighted by molar-refractivity contribution is 5.19. The van der Waals surface area contributed by atoms with Crippen molar-refractivity contribution in [3.05, 3.63) is 24.4 Å². The molecule has 0 aliphatic carbocycles. The lowest BCUT2D eigenvalue weighted by atomic mass is 9.81. The fourth-order valence-corrected chi connectivity index (χ4v) is 3.07. The van der Waals surface area contributed by atoms with Crippen molar-refractivity contribution in [1.29, 1.82) is 0 Å². The van der Waals surface area contributed by atoms with Gasteiger partial charge in [0.15, 0.2) is 0 Å². The summed E-state index contributed by atoms with van der Waals surface area (Å²) in [6, 6.07) is 0.606. The molecule has 24 heavy (non-hydrogen) atoms. The van der Waals surface area contributed by atoms with Crippen molar-refractivity contribution in [1.82, 2.24) is 10.2 Å². The minimum Gasteiger partial charge on any atom is -0.381 e. The zero-order chi connectivity index (χ0) is 19.3. The van der Waals surface area contributed by atoms with Crippen LogP contribution < -0.4 is 5.32 Å². The van der Waals surface area contributed by atoms with E-state index in [1.54, 1.807) is 0 Å². The summed E-state index contributed by atoms with van der Waals surface area (Å²) in [4.78, 5) is 2.43. The topological polar surface area (TPSA) is 15.3 Å². The van der Waals surface area contributed by atoms with Crippen LogP contribution in [0.3, 0.4) is 0 Å². The molecule has 0 bridgehead atoms. The molecule has 0 aromatic rings. The third kappa shape index (κ3) is 7.01. The number of unbranched alkanes of at least 4 members (excludes halogenated alkanes) is 1. The van der Waals surface area contributed by atoms with Gasteiger partial charge in [-0.2, -0.15) is 0 Å². The van der Waals surface area contributed by atoms with Gasteiger partial charge >= 0.3 is 0 Å². The van der Waals surface area contributed by atoms with Gasteiger partial charge in [-0.1, -0.05) is 67.5 Å². The minimum absolute atomic E-state index is 0.106. The number of likely N-dealkylation sites (N-methyl/N-ethyl adjacent to an activating group) is 1. The number of nitrogens with zero attached hydrogens (tertiary/aromatic N) is 1. The van der Waals surface area contributed by atoms with Crippen LogP contribution in [0.2, 0.25) is 0 Å². The summed E-state index contributed by atoms with van der Waals surface area (Å²) in [6.07, 6.45) is 3.54. The molecule has 1 N–H and O–H groups in total. The molecule has 0 amide bonds. The van der Waals surface area contributed by atoms with E-state index in [1.807, 2.05) is 0 Å². The molecule has 0 heterocycles. The first-order valence-corrected chi connectivity index (χ1v) is 9.61. The van der Waals surface area contributed by atoms with Crippen molar-refractivity contribution >= 4 is 0 Å². The first-order valence-electron chi connectivity index (χ1n) is 9.61. The van der Waals surface area contributed by atoms with Gasteiger partial charge in [0, 0.05) is 17.3 Å². The van der Waals surface area contributed by atoms with E-state index in [-0.39, 0.29) is 11.0 Å². The van der Waals surface area contributed by atoms with Crippen molar-refractivity contribution in [3.63, 3.8) is 0 Å². The third-order valence-corrected chi connectivity index (χ3v) is 5.05. The molecule has 0 rings (SSSR count). The summed E-state index contributed by atoms with van der Waals surface area (Å²) in [5.74, 6) is 0.504. The van der Waals surface area contributed by atoms with Gasteiger partial charge in [-0.15, -0.1) is 0 Å². The Morgan fingerprint density at radius 2 is 1.54 bits per heavy atom. The lowest BCUT2D eigenvalue weighted by Crippen LogP contribution is -2.52. The van der Waals surface area contributed by atoms with E-state index < -0.39 is 0 Å². The zero-order valence-electron chi connectivity index (χ0n) is 18.2. The van der Waals surface area contributed by atoms with Crippen LogP contribution in [-0.2, 0) is 0 Å². The average molecular weight is 337 g/mol. The Kier molecular flexibility index (Phi) is 8.79. The molecule has 0 fully saturated rings. The lowest BCUT2D eigenvalue weighted by molar-refractivity contribution is 0.103. The quantitative estimate of drug-likeness (QED) is 0.519.